The minimum atomic E-state index is 0.243. The van der Waals surface area contributed by atoms with Crippen molar-refractivity contribution in [2.24, 2.45) is 16.7 Å². The van der Waals surface area contributed by atoms with Crippen LogP contribution in [0, 0.1) is 16.7 Å². The molecule has 0 saturated carbocycles. The Morgan fingerprint density at radius 3 is 1.86 bits per heavy atom. The predicted octanol–water partition coefficient (Wildman–Crippen LogP) is 6.22. The lowest BCUT2D eigenvalue weighted by Gasteiger charge is -2.47. The van der Waals surface area contributed by atoms with E-state index in [2.05, 4.69) is 79.0 Å². The summed E-state index contributed by atoms with van der Waals surface area (Å²) in [4.78, 5) is 5.37. The van der Waals surface area contributed by atoms with Crippen molar-refractivity contribution in [1.82, 2.24) is 9.80 Å². The van der Waals surface area contributed by atoms with Crippen LogP contribution in [0.3, 0.4) is 0 Å². The van der Waals surface area contributed by atoms with Crippen LogP contribution in [0.15, 0.2) is 0 Å². The molecule has 0 spiro atoms. The Bertz CT molecular complexity index is 504. The molecule has 0 N–H and O–H groups in total. The summed E-state index contributed by atoms with van der Waals surface area (Å²) in [5.41, 5.74) is 1.32. The molecule has 2 fully saturated rings. The van der Waals surface area contributed by atoms with Gasteiger partial charge in [-0.25, -0.2) is 0 Å². The van der Waals surface area contributed by atoms with Gasteiger partial charge in [-0.3, -0.25) is 9.80 Å². The molecule has 3 nitrogen and oxygen atoms in total. The molecule has 1 unspecified atom stereocenters. The third-order valence-electron chi connectivity index (χ3n) is 7.86. The van der Waals surface area contributed by atoms with Gasteiger partial charge in [-0.05, 0) is 96.6 Å². The molecule has 0 aromatic heterocycles. The third kappa shape index (κ3) is 7.51. The average Bonchev–Trinajstić information content (AvgIpc) is 2.59. The van der Waals surface area contributed by atoms with Crippen LogP contribution in [0.25, 0.3) is 0 Å². The summed E-state index contributed by atoms with van der Waals surface area (Å²) in [6.07, 6.45) is 6.80. The Kier molecular flexibility index (Phi) is 7.95. The maximum absolute atomic E-state index is 6.18. The lowest BCUT2D eigenvalue weighted by molar-refractivity contribution is -0.0746. The summed E-state index contributed by atoms with van der Waals surface area (Å²) in [6.45, 7) is 29.6. The lowest BCUT2D eigenvalue weighted by atomic mass is 9.74. The molecule has 2 heterocycles. The van der Waals surface area contributed by atoms with Gasteiger partial charge in [0.1, 0.15) is 0 Å². The smallest absolute Gasteiger partial charge is 0.0707 e. The Labute approximate surface area is 182 Å². The van der Waals surface area contributed by atoms with E-state index in [1.807, 2.05) is 0 Å². The van der Waals surface area contributed by atoms with Gasteiger partial charge in [0.2, 0.25) is 0 Å². The number of likely N-dealkylation sites (tertiary alicyclic amines) is 1. The van der Waals surface area contributed by atoms with Crippen molar-refractivity contribution in [1.29, 1.82) is 0 Å². The van der Waals surface area contributed by atoms with E-state index in [1.165, 1.54) is 45.2 Å². The maximum Gasteiger partial charge on any atom is 0.0707 e. The van der Waals surface area contributed by atoms with Crippen molar-refractivity contribution in [2.45, 2.75) is 119 Å². The predicted molar refractivity (Wildman–Crippen MR) is 127 cm³/mol. The van der Waals surface area contributed by atoms with Crippen molar-refractivity contribution >= 4 is 0 Å². The van der Waals surface area contributed by atoms with E-state index in [0.717, 1.165) is 25.6 Å². The highest BCUT2D eigenvalue weighted by Gasteiger charge is 2.37. The highest BCUT2D eigenvalue weighted by Crippen LogP contribution is 2.39. The Hall–Kier alpha value is -0.120. The van der Waals surface area contributed by atoms with Gasteiger partial charge in [-0.15, -0.1) is 0 Å². The van der Waals surface area contributed by atoms with E-state index in [9.17, 15) is 0 Å². The van der Waals surface area contributed by atoms with Crippen LogP contribution >= 0.6 is 0 Å². The first-order valence-corrected chi connectivity index (χ1v) is 12.2. The van der Waals surface area contributed by atoms with Crippen LogP contribution in [0.1, 0.15) is 101 Å². The Morgan fingerprint density at radius 2 is 1.34 bits per heavy atom. The van der Waals surface area contributed by atoms with Gasteiger partial charge in [-0.1, -0.05) is 34.6 Å². The minimum Gasteiger partial charge on any atom is -0.376 e. The number of ether oxygens (including phenoxy) is 1. The standard InChI is InChI=1S/C26H52N2O/c1-23(2,3)21-11-15-27(16-12-21)26(9,10)14-13-25(7,8)19-22-20-28(17-18-29-22)24(4,5)6/h21-22H,11-20H2,1-10H3. The summed E-state index contributed by atoms with van der Waals surface area (Å²) in [6, 6.07) is 0. The van der Waals surface area contributed by atoms with Crippen molar-refractivity contribution in [2.75, 3.05) is 32.8 Å². The van der Waals surface area contributed by atoms with Crippen LogP contribution in [-0.2, 0) is 4.74 Å². The second kappa shape index (κ2) is 9.17. The molecule has 0 aromatic carbocycles. The average molecular weight is 409 g/mol. The van der Waals surface area contributed by atoms with Gasteiger partial charge in [0.25, 0.3) is 0 Å². The van der Waals surface area contributed by atoms with Crippen molar-refractivity contribution in [3.63, 3.8) is 0 Å². The fraction of sp³-hybridized carbons (Fsp3) is 1.00. The number of morpholine rings is 1. The van der Waals surface area contributed by atoms with E-state index in [0.29, 0.717) is 22.5 Å². The van der Waals surface area contributed by atoms with Gasteiger partial charge < -0.3 is 4.74 Å². The van der Waals surface area contributed by atoms with E-state index in [1.54, 1.807) is 0 Å². The molecule has 172 valence electrons. The fourth-order valence-electron chi connectivity index (χ4n) is 5.32. The number of hydrogen-bond donors (Lipinski definition) is 0. The highest BCUT2D eigenvalue weighted by molar-refractivity contribution is 4.91. The van der Waals surface area contributed by atoms with Crippen LogP contribution in [0.5, 0.6) is 0 Å². The van der Waals surface area contributed by atoms with E-state index < -0.39 is 0 Å². The zero-order valence-corrected chi connectivity index (χ0v) is 21.5. The molecule has 29 heavy (non-hydrogen) atoms. The van der Waals surface area contributed by atoms with Gasteiger partial charge >= 0.3 is 0 Å². The summed E-state index contributed by atoms with van der Waals surface area (Å²) in [5, 5.41) is 0. The quantitative estimate of drug-likeness (QED) is 0.519. The maximum atomic E-state index is 6.18. The number of piperidine rings is 1. The molecule has 3 heteroatoms. The number of rotatable bonds is 6. The first-order valence-electron chi connectivity index (χ1n) is 12.2. The monoisotopic (exact) mass is 408 g/mol. The van der Waals surface area contributed by atoms with Crippen molar-refractivity contribution in [3.8, 4) is 0 Å². The molecule has 2 saturated heterocycles. The minimum absolute atomic E-state index is 0.243. The van der Waals surface area contributed by atoms with Gasteiger partial charge in [0, 0.05) is 24.2 Å². The van der Waals surface area contributed by atoms with E-state index in [4.69, 9.17) is 4.74 Å². The molecule has 0 aromatic rings. The van der Waals surface area contributed by atoms with E-state index >= 15 is 0 Å². The zero-order chi connectivity index (χ0) is 22.1. The van der Waals surface area contributed by atoms with Gasteiger partial charge in [0.05, 0.1) is 12.7 Å². The SMILES string of the molecule is CC(C)(CCC(C)(C)N1CCC(C(C)(C)C)CC1)CC1CN(C(C)(C)C)CCO1. The van der Waals surface area contributed by atoms with Crippen molar-refractivity contribution < 1.29 is 4.74 Å². The molecule has 2 rings (SSSR count). The van der Waals surface area contributed by atoms with Crippen LogP contribution in [-0.4, -0.2) is 59.8 Å². The highest BCUT2D eigenvalue weighted by atomic mass is 16.5. The Balaban J connectivity index is 1.84. The first kappa shape index (κ1) is 25.1. The third-order valence-corrected chi connectivity index (χ3v) is 7.86. The summed E-state index contributed by atoms with van der Waals surface area (Å²) >= 11 is 0. The largest absolute Gasteiger partial charge is 0.376 e. The molecule has 0 amide bonds. The molecular weight excluding hydrogens is 356 g/mol. The normalized spacial score (nSPS) is 24.8. The van der Waals surface area contributed by atoms with Gasteiger partial charge in [-0.2, -0.15) is 0 Å². The van der Waals surface area contributed by atoms with E-state index in [-0.39, 0.29) is 5.54 Å². The van der Waals surface area contributed by atoms with Crippen LogP contribution < -0.4 is 0 Å². The molecule has 0 bridgehead atoms. The number of nitrogens with zero attached hydrogens (tertiary/aromatic N) is 2. The molecule has 0 aliphatic carbocycles. The summed E-state index contributed by atoms with van der Waals surface area (Å²) in [5.74, 6) is 0.875. The summed E-state index contributed by atoms with van der Waals surface area (Å²) in [7, 11) is 0. The fourth-order valence-corrected chi connectivity index (χ4v) is 5.32. The van der Waals surface area contributed by atoms with Crippen LogP contribution in [0.2, 0.25) is 0 Å². The molecule has 0 radical (unpaired) electrons. The zero-order valence-electron chi connectivity index (χ0n) is 21.5. The number of hydrogen-bond acceptors (Lipinski definition) is 3. The second-order valence-electron chi connectivity index (χ2n) is 13.4. The second-order valence-corrected chi connectivity index (χ2v) is 13.4. The lowest BCUT2D eigenvalue weighted by Crippen LogP contribution is -2.52. The van der Waals surface area contributed by atoms with Crippen LogP contribution in [0.4, 0.5) is 0 Å². The molecule has 2 aliphatic heterocycles. The molecular formula is C26H52N2O. The summed E-state index contributed by atoms with van der Waals surface area (Å²) < 4.78 is 6.18. The Morgan fingerprint density at radius 1 is 0.759 bits per heavy atom. The molecule has 1 atom stereocenters. The first-order chi connectivity index (χ1) is 13.1. The molecule has 2 aliphatic rings. The van der Waals surface area contributed by atoms with Gasteiger partial charge in [0.15, 0.2) is 0 Å². The van der Waals surface area contributed by atoms with Crippen molar-refractivity contribution in [3.05, 3.63) is 0 Å². The topological polar surface area (TPSA) is 15.7 Å².